The normalized spacial score (nSPS) is 10.5. The van der Waals surface area contributed by atoms with Crippen LogP contribution >= 0.6 is 0 Å². The van der Waals surface area contributed by atoms with Crippen LogP contribution in [0.2, 0.25) is 0 Å². The Morgan fingerprint density at radius 3 is 2.43 bits per heavy atom. The first-order chi connectivity index (χ1) is 14.4. The summed E-state index contributed by atoms with van der Waals surface area (Å²) in [6.45, 7) is 4.57. The monoisotopic (exact) mass is 407 g/mol. The van der Waals surface area contributed by atoms with Crippen molar-refractivity contribution < 1.29 is 19.1 Å². The zero-order valence-electron chi connectivity index (χ0n) is 17.6. The number of esters is 1. The number of benzene rings is 2. The zero-order chi connectivity index (χ0) is 21.7. The fraction of sp³-hybridized carbons (Fsp3) is 0.261. The highest BCUT2D eigenvalue weighted by Gasteiger charge is 2.19. The Hall–Kier alpha value is -3.61. The highest BCUT2D eigenvalue weighted by atomic mass is 16.5. The number of hydrogen-bond donors (Lipinski definition) is 1. The molecule has 0 unspecified atom stereocenters. The van der Waals surface area contributed by atoms with Crippen molar-refractivity contribution in [2.75, 3.05) is 14.2 Å². The van der Waals surface area contributed by atoms with E-state index in [-0.39, 0.29) is 12.5 Å². The number of rotatable bonds is 7. The van der Waals surface area contributed by atoms with E-state index >= 15 is 0 Å². The molecule has 0 atom stereocenters. The summed E-state index contributed by atoms with van der Waals surface area (Å²) in [5, 5.41) is 7.44. The number of aromatic nitrogens is 2. The molecule has 1 N–H and O–H groups in total. The van der Waals surface area contributed by atoms with Gasteiger partial charge in [-0.2, -0.15) is 5.10 Å². The Balaban J connectivity index is 1.75. The Bertz CT molecular complexity index is 1060. The number of nitrogens with zero attached hydrogens (tertiary/aromatic N) is 2. The summed E-state index contributed by atoms with van der Waals surface area (Å²) >= 11 is 0. The maximum atomic E-state index is 12.8. The minimum absolute atomic E-state index is 0.209. The minimum atomic E-state index is -0.492. The summed E-state index contributed by atoms with van der Waals surface area (Å²) in [5.74, 6) is -0.278. The van der Waals surface area contributed by atoms with Gasteiger partial charge in [-0.3, -0.25) is 9.48 Å². The molecular formula is C23H25N3O4. The van der Waals surface area contributed by atoms with Gasteiger partial charge in [0.25, 0.3) is 5.91 Å². The van der Waals surface area contributed by atoms with E-state index in [1.165, 1.54) is 14.2 Å². The molecule has 0 fully saturated rings. The molecule has 156 valence electrons. The van der Waals surface area contributed by atoms with Gasteiger partial charge in [-0.25, -0.2) is 4.79 Å². The average molecular weight is 407 g/mol. The fourth-order valence-corrected chi connectivity index (χ4v) is 3.34. The number of ether oxygens (including phenoxy) is 2. The van der Waals surface area contributed by atoms with Gasteiger partial charge in [-0.05, 0) is 37.1 Å². The molecule has 0 spiro atoms. The van der Waals surface area contributed by atoms with Gasteiger partial charge >= 0.3 is 5.97 Å². The predicted octanol–water partition coefficient (Wildman–Crippen LogP) is 3.27. The second kappa shape index (κ2) is 9.26. The molecule has 0 aliphatic carbocycles. The Kier molecular flexibility index (Phi) is 6.51. The number of hydrogen-bond acceptors (Lipinski definition) is 5. The average Bonchev–Trinajstić information content (AvgIpc) is 3.04. The van der Waals surface area contributed by atoms with Crippen molar-refractivity contribution in [3.63, 3.8) is 0 Å². The van der Waals surface area contributed by atoms with Crippen LogP contribution in [0.4, 0.5) is 0 Å². The van der Waals surface area contributed by atoms with Gasteiger partial charge in [-0.1, -0.05) is 36.4 Å². The van der Waals surface area contributed by atoms with Crippen LogP contribution in [0, 0.1) is 13.8 Å². The summed E-state index contributed by atoms with van der Waals surface area (Å²) in [7, 11) is 2.80. The standard InChI is InChI=1S/C23H25N3O4/c1-15-21(16(2)26(25-15)14-17-8-6-5-7-9-17)22(27)24-13-18-10-11-20(29-3)19(12-18)23(28)30-4/h5-12H,13-14H2,1-4H3,(H,24,27). The van der Waals surface area contributed by atoms with Gasteiger partial charge in [0.1, 0.15) is 11.3 Å². The van der Waals surface area contributed by atoms with E-state index in [0.717, 1.165) is 16.8 Å². The van der Waals surface area contributed by atoms with Gasteiger partial charge in [0, 0.05) is 12.2 Å². The number of nitrogens with one attached hydrogen (secondary N) is 1. The molecule has 0 saturated carbocycles. The summed E-state index contributed by atoms with van der Waals surface area (Å²) in [5.41, 5.74) is 4.23. The van der Waals surface area contributed by atoms with E-state index in [1.807, 2.05) is 48.9 Å². The minimum Gasteiger partial charge on any atom is -0.496 e. The molecule has 7 nitrogen and oxygen atoms in total. The smallest absolute Gasteiger partial charge is 0.341 e. The highest BCUT2D eigenvalue weighted by molar-refractivity contribution is 5.96. The highest BCUT2D eigenvalue weighted by Crippen LogP contribution is 2.21. The lowest BCUT2D eigenvalue weighted by molar-refractivity contribution is 0.0597. The molecule has 1 heterocycles. The van der Waals surface area contributed by atoms with Gasteiger partial charge in [0.2, 0.25) is 0 Å². The Labute approximate surface area is 175 Å². The van der Waals surface area contributed by atoms with Crippen molar-refractivity contribution in [2.45, 2.75) is 26.9 Å². The number of amides is 1. The molecule has 3 aromatic rings. The number of carbonyl (C=O) groups is 2. The number of aryl methyl sites for hydroxylation is 1. The van der Waals surface area contributed by atoms with Crippen molar-refractivity contribution >= 4 is 11.9 Å². The molecule has 0 bridgehead atoms. The van der Waals surface area contributed by atoms with E-state index in [2.05, 4.69) is 10.4 Å². The third-order valence-electron chi connectivity index (χ3n) is 4.91. The lowest BCUT2D eigenvalue weighted by Crippen LogP contribution is -2.24. The van der Waals surface area contributed by atoms with Crippen LogP contribution in [0.25, 0.3) is 0 Å². The summed E-state index contributed by atoms with van der Waals surface area (Å²) in [4.78, 5) is 24.8. The molecule has 2 aromatic carbocycles. The van der Waals surface area contributed by atoms with Gasteiger partial charge < -0.3 is 14.8 Å². The van der Waals surface area contributed by atoms with E-state index < -0.39 is 5.97 Å². The number of methoxy groups -OCH3 is 2. The quantitative estimate of drug-likeness (QED) is 0.608. The molecule has 3 rings (SSSR count). The first-order valence-electron chi connectivity index (χ1n) is 9.56. The molecule has 7 heteroatoms. The first kappa shape index (κ1) is 21.1. The molecule has 30 heavy (non-hydrogen) atoms. The van der Waals surface area contributed by atoms with E-state index in [9.17, 15) is 9.59 Å². The lowest BCUT2D eigenvalue weighted by Gasteiger charge is -2.10. The molecule has 0 saturated heterocycles. The van der Waals surface area contributed by atoms with Crippen molar-refractivity contribution in [1.29, 1.82) is 0 Å². The second-order valence-electron chi connectivity index (χ2n) is 6.90. The van der Waals surface area contributed by atoms with Gasteiger partial charge in [0.15, 0.2) is 0 Å². The predicted molar refractivity (Wildman–Crippen MR) is 113 cm³/mol. The van der Waals surface area contributed by atoms with E-state index in [1.54, 1.807) is 18.2 Å². The molecule has 1 amide bonds. The third kappa shape index (κ3) is 4.51. The third-order valence-corrected chi connectivity index (χ3v) is 4.91. The maximum Gasteiger partial charge on any atom is 0.341 e. The van der Waals surface area contributed by atoms with Gasteiger partial charge in [-0.15, -0.1) is 0 Å². The van der Waals surface area contributed by atoms with Crippen LogP contribution in [-0.4, -0.2) is 35.9 Å². The van der Waals surface area contributed by atoms with Gasteiger partial charge in [0.05, 0.1) is 32.0 Å². The fourth-order valence-electron chi connectivity index (χ4n) is 3.34. The molecule has 0 radical (unpaired) electrons. The Morgan fingerprint density at radius 2 is 1.77 bits per heavy atom. The molecule has 0 aliphatic rings. The zero-order valence-corrected chi connectivity index (χ0v) is 17.6. The number of carbonyl (C=O) groups excluding carboxylic acids is 2. The lowest BCUT2D eigenvalue weighted by atomic mass is 10.1. The van der Waals surface area contributed by atoms with Crippen LogP contribution in [0.1, 0.15) is 43.2 Å². The summed E-state index contributed by atoms with van der Waals surface area (Å²) < 4.78 is 11.8. The summed E-state index contributed by atoms with van der Waals surface area (Å²) in [6.07, 6.45) is 0. The molecular weight excluding hydrogens is 382 g/mol. The Morgan fingerprint density at radius 1 is 1.03 bits per heavy atom. The van der Waals surface area contributed by atoms with Crippen LogP contribution in [0.5, 0.6) is 5.75 Å². The van der Waals surface area contributed by atoms with Crippen LogP contribution < -0.4 is 10.1 Å². The topological polar surface area (TPSA) is 82.5 Å². The van der Waals surface area contributed by atoms with Crippen LogP contribution in [0.3, 0.4) is 0 Å². The maximum absolute atomic E-state index is 12.8. The summed E-state index contributed by atoms with van der Waals surface area (Å²) in [6, 6.07) is 15.1. The van der Waals surface area contributed by atoms with Crippen LogP contribution in [0.15, 0.2) is 48.5 Å². The largest absolute Gasteiger partial charge is 0.496 e. The van der Waals surface area contributed by atoms with Crippen molar-refractivity contribution in [3.05, 3.63) is 82.2 Å². The van der Waals surface area contributed by atoms with Crippen molar-refractivity contribution in [2.24, 2.45) is 0 Å². The second-order valence-corrected chi connectivity index (χ2v) is 6.90. The van der Waals surface area contributed by atoms with Crippen molar-refractivity contribution in [1.82, 2.24) is 15.1 Å². The first-order valence-corrected chi connectivity index (χ1v) is 9.56. The molecule has 0 aliphatic heterocycles. The SMILES string of the molecule is COC(=O)c1cc(CNC(=O)c2c(C)nn(Cc3ccccc3)c2C)ccc1OC. The van der Waals surface area contributed by atoms with Crippen LogP contribution in [-0.2, 0) is 17.8 Å². The van der Waals surface area contributed by atoms with E-state index in [0.29, 0.717) is 29.1 Å². The van der Waals surface area contributed by atoms with Crippen molar-refractivity contribution in [3.8, 4) is 5.75 Å². The van der Waals surface area contributed by atoms with E-state index in [4.69, 9.17) is 9.47 Å². The molecule has 1 aromatic heterocycles.